The van der Waals surface area contributed by atoms with Gasteiger partial charge in [0.15, 0.2) is 9.84 Å². The van der Waals surface area contributed by atoms with Gasteiger partial charge in [-0.3, -0.25) is 0 Å². The molecule has 0 spiro atoms. The Hall–Kier alpha value is -1.23. The number of methoxy groups -OCH3 is 1. The molecule has 0 saturated carbocycles. The van der Waals surface area contributed by atoms with Crippen molar-refractivity contribution in [1.82, 2.24) is 0 Å². The molecule has 88 valence electrons. The molecular formula is C11H15NO3S. The molecule has 1 aliphatic rings. The zero-order valence-electron chi connectivity index (χ0n) is 9.36. The van der Waals surface area contributed by atoms with Crippen molar-refractivity contribution in [2.24, 2.45) is 0 Å². The standard InChI is InChI=1S/C11H15NO3S/c1-3-8-7-16(13,14)11-6-9(15-2)4-5-10(11)12-8/h4-6,8,12H,3,7H2,1-2H3. The third-order valence-electron chi connectivity index (χ3n) is 2.80. The number of anilines is 1. The lowest BCUT2D eigenvalue weighted by atomic mass is 10.2. The Morgan fingerprint density at radius 3 is 2.88 bits per heavy atom. The molecule has 1 N–H and O–H groups in total. The fourth-order valence-corrected chi connectivity index (χ4v) is 3.63. The summed E-state index contributed by atoms with van der Waals surface area (Å²) in [6.45, 7) is 1.97. The molecule has 1 aromatic carbocycles. The average Bonchev–Trinajstić information content (AvgIpc) is 2.27. The van der Waals surface area contributed by atoms with E-state index in [1.807, 2.05) is 6.92 Å². The molecule has 16 heavy (non-hydrogen) atoms. The van der Waals surface area contributed by atoms with E-state index in [2.05, 4.69) is 5.32 Å². The molecule has 0 aliphatic carbocycles. The maximum Gasteiger partial charge on any atom is 0.182 e. The van der Waals surface area contributed by atoms with Gasteiger partial charge >= 0.3 is 0 Å². The first-order valence-electron chi connectivity index (χ1n) is 5.24. The van der Waals surface area contributed by atoms with Crippen LogP contribution in [-0.2, 0) is 9.84 Å². The van der Waals surface area contributed by atoms with Crippen molar-refractivity contribution >= 4 is 15.5 Å². The number of rotatable bonds is 2. The highest BCUT2D eigenvalue weighted by Gasteiger charge is 2.29. The van der Waals surface area contributed by atoms with Crippen molar-refractivity contribution in [2.45, 2.75) is 24.3 Å². The van der Waals surface area contributed by atoms with Gasteiger partial charge in [0.1, 0.15) is 5.75 Å². The third kappa shape index (κ3) is 1.87. The van der Waals surface area contributed by atoms with Gasteiger partial charge in [0.25, 0.3) is 0 Å². The van der Waals surface area contributed by atoms with Crippen LogP contribution in [0.1, 0.15) is 13.3 Å². The lowest BCUT2D eigenvalue weighted by Crippen LogP contribution is -2.33. The molecule has 2 rings (SSSR count). The molecule has 0 radical (unpaired) electrons. The van der Waals surface area contributed by atoms with Gasteiger partial charge in [-0.15, -0.1) is 0 Å². The Morgan fingerprint density at radius 1 is 1.50 bits per heavy atom. The second-order valence-corrected chi connectivity index (χ2v) is 5.90. The minimum absolute atomic E-state index is 0.00546. The summed E-state index contributed by atoms with van der Waals surface area (Å²) >= 11 is 0. The van der Waals surface area contributed by atoms with Gasteiger partial charge in [0, 0.05) is 12.1 Å². The van der Waals surface area contributed by atoms with Crippen molar-refractivity contribution in [2.75, 3.05) is 18.2 Å². The van der Waals surface area contributed by atoms with Gasteiger partial charge in [0.2, 0.25) is 0 Å². The van der Waals surface area contributed by atoms with Crippen molar-refractivity contribution in [1.29, 1.82) is 0 Å². The molecule has 1 unspecified atom stereocenters. The SMILES string of the molecule is CCC1CS(=O)(=O)c2cc(OC)ccc2N1. The van der Waals surface area contributed by atoms with Crippen molar-refractivity contribution in [3.05, 3.63) is 18.2 Å². The monoisotopic (exact) mass is 241 g/mol. The molecule has 0 aromatic heterocycles. The van der Waals surface area contributed by atoms with Crippen LogP contribution in [0, 0.1) is 0 Å². The van der Waals surface area contributed by atoms with Crippen LogP contribution in [0.2, 0.25) is 0 Å². The molecule has 0 amide bonds. The summed E-state index contributed by atoms with van der Waals surface area (Å²) in [7, 11) is -1.65. The topological polar surface area (TPSA) is 55.4 Å². The Bertz CT molecular complexity index is 496. The minimum Gasteiger partial charge on any atom is -0.497 e. The lowest BCUT2D eigenvalue weighted by molar-refractivity contribution is 0.413. The zero-order valence-corrected chi connectivity index (χ0v) is 10.2. The Labute approximate surface area is 95.5 Å². The summed E-state index contributed by atoms with van der Waals surface area (Å²) in [5.74, 6) is 0.725. The quantitative estimate of drug-likeness (QED) is 0.855. The fourth-order valence-electron chi connectivity index (χ4n) is 1.84. The number of hydrogen-bond acceptors (Lipinski definition) is 4. The van der Waals surface area contributed by atoms with E-state index < -0.39 is 9.84 Å². The van der Waals surface area contributed by atoms with Crippen LogP contribution in [-0.4, -0.2) is 27.3 Å². The largest absolute Gasteiger partial charge is 0.497 e. The lowest BCUT2D eigenvalue weighted by Gasteiger charge is -2.26. The number of fused-ring (bicyclic) bond motifs is 1. The van der Waals surface area contributed by atoms with E-state index in [9.17, 15) is 8.42 Å². The summed E-state index contributed by atoms with van der Waals surface area (Å²) < 4.78 is 29.1. The molecule has 0 bridgehead atoms. The highest BCUT2D eigenvalue weighted by molar-refractivity contribution is 7.91. The summed E-state index contributed by atoms with van der Waals surface area (Å²) in [5, 5.41) is 3.22. The maximum atomic E-state index is 12.0. The highest BCUT2D eigenvalue weighted by Crippen LogP contribution is 2.32. The van der Waals surface area contributed by atoms with Crippen LogP contribution in [0.15, 0.2) is 23.1 Å². The van der Waals surface area contributed by atoms with E-state index in [1.165, 1.54) is 7.11 Å². The molecule has 1 aliphatic heterocycles. The summed E-state index contributed by atoms with van der Waals surface area (Å²) in [6.07, 6.45) is 0.796. The average molecular weight is 241 g/mol. The van der Waals surface area contributed by atoms with Gasteiger partial charge in [-0.25, -0.2) is 8.42 Å². The van der Waals surface area contributed by atoms with Crippen molar-refractivity contribution < 1.29 is 13.2 Å². The van der Waals surface area contributed by atoms with Crippen LogP contribution >= 0.6 is 0 Å². The van der Waals surface area contributed by atoms with Crippen molar-refractivity contribution in [3.8, 4) is 5.75 Å². The summed E-state index contributed by atoms with van der Waals surface area (Å²) in [4.78, 5) is 0.344. The van der Waals surface area contributed by atoms with E-state index in [0.29, 0.717) is 16.3 Å². The molecule has 4 nitrogen and oxygen atoms in total. The number of ether oxygens (including phenoxy) is 1. The van der Waals surface area contributed by atoms with Crippen LogP contribution in [0.4, 0.5) is 5.69 Å². The number of benzene rings is 1. The first-order chi connectivity index (χ1) is 7.56. The van der Waals surface area contributed by atoms with E-state index >= 15 is 0 Å². The number of hydrogen-bond donors (Lipinski definition) is 1. The van der Waals surface area contributed by atoms with Crippen LogP contribution in [0.3, 0.4) is 0 Å². The Kier molecular flexibility index (Phi) is 2.80. The van der Waals surface area contributed by atoms with Crippen LogP contribution in [0.5, 0.6) is 5.75 Å². The molecule has 0 saturated heterocycles. The Balaban J connectivity index is 2.52. The van der Waals surface area contributed by atoms with Gasteiger partial charge in [0.05, 0.1) is 23.4 Å². The smallest absolute Gasteiger partial charge is 0.182 e. The van der Waals surface area contributed by atoms with Gasteiger partial charge in [-0.2, -0.15) is 0 Å². The molecule has 0 fully saturated rings. The first kappa shape index (κ1) is 11.3. The summed E-state index contributed by atoms with van der Waals surface area (Å²) in [5.41, 5.74) is 0.680. The number of sulfone groups is 1. The van der Waals surface area contributed by atoms with Gasteiger partial charge in [-0.1, -0.05) is 6.92 Å². The zero-order chi connectivity index (χ0) is 11.8. The highest BCUT2D eigenvalue weighted by atomic mass is 32.2. The van der Waals surface area contributed by atoms with E-state index in [4.69, 9.17) is 4.74 Å². The van der Waals surface area contributed by atoms with Crippen molar-refractivity contribution in [3.63, 3.8) is 0 Å². The second kappa shape index (κ2) is 3.97. The predicted octanol–water partition coefficient (Wildman–Crippen LogP) is 1.67. The number of nitrogens with one attached hydrogen (secondary N) is 1. The van der Waals surface area contributed by atoms with E-state index in [1.54, 1.807) is 18.2 Å². The maximum absolute atomic E-state index is 12.0. The first-order valence-corrected chi connectivity index (χ1v) is 6.89. The van der Waals surface area contributed by atoms with Gasteiger partial charge in [-0.05, 0) is 18.6 Å². The fraction of sp³-hybridized carbons (Fsp3) is 0.455. The Morgan fingerprint density at radius 2 is 2.25 bits per heavy atom. The van der Waals surface area contributed by atoms with Crippen LogP contribution in [0.25, 0.3) is 0 Å². The molecule has 1 atom stereocenters. The van der Waals surface area contributed by atoms with E-state index in [-0.39, 0.29) is 11.8 Å². The second-order valence-electron chi connectivity index (χ2n) is 3.89. The van der Waals surface area contributed by atoms with Crippen LogP contribution < -0.4 is 10.1 Å². The van der Waals surface area contributed by atoms with E-state index in [0.717, 1.165) is 6.42 Å². The normalized spacial score (nSPS) is 22.0. The molecule has 1 aromatic rings. The molecular weight excluding hydrogens is 226 g/mol. The predicted molar refractivity (Wildman–Crippen MR) is 62.7 cm³/mol. The molecule has 1 heterocycles. The summed E-state index contributed by atoms with van der Waals surface area (Å²) in [6, 6.07) is 5.10. The minimum atomic E-state index is -3.18. The third-order valence-corrected chi connectivity index (χ3v) is 4.65. The molecule has 5 heteroatoms. The van der Waals surface area contributed by atoms with Gasteiger partial charge < -0.3 is 10.1 Å².